The summed E-state index contributed by atoms with van der Waals surface area (Å²) in [5.74, 6) is -0.439. The lowest BCUT2D eigenvalue weighted by atomic mass is 10.1. The average Bonchev–Trinajstić information content (AvgIpc) is 3.27. The van der Waals surface area contributed by atoms with Gasteiger partial charge in [-0.2, -0.15) is 18.3 Å². The Balaban J connectivity index is 1.97. The molecule has 0 radical (unpaired) electrons. The summed E-state index contributed by atoms with van der Waals surface area (Å²) in [6.45, 7) is 1.98. The van der Waals surface area contributed by atoms with Gasteiger partial charge in [-0.05, 0) is 48.9 Å². The number of fused-ring (bicyclic) bond motifs is 1. The fraction of sp³-hybridized carbons (Fsp3) is 0.158. The molecule has 0 atom stereocenters. The van der Waals surface area contributed by atoms with Crippen molar-refractivity contribution in [3.63, 3.8) is 0 Å². The molecule has 3 nitrogen and oxygen atoms in total. The summed E-state index contributed by atoms with van der Waals surface area (Å²) >= 11 is 1.41. The predicted molar refractivity (Wildman–Crippen MR) is 96.5 cm³/mol. The van der Waals surface area contributed by atoms with Crippen LogP contribution in [0.5, 0.6) is 0 Å². The third-order valence-corrected chi connectivity index (χ3v) is 5.43. The van der Waals surface area contributed by atoms with Crippen molar-refractivity contribution in [3.05, 3.63) is 64.9 Å². The van der Waals surface area contributed by atoms with Crippen molar-refractivity contribution in [1.29, 1.82) is 0 Å². The molecule has 3 aromatic heterocycles. The van der Waals surface area contributed by atoms with Crippen molar-refractivity contribution in [1.82, 2.24) is 14.8 Å². The normalized spacial score (nSPS) is 12.0. The molecule has 0 aliphatic heterocycles. The first-order chi connectivity index (χ1) is 12.9. The second-order valence-electron chi connectivity index (χ2n) is 5.94. The van der Waals surface area contributed by atoms with E-state index in [1.807, 2.05) is 13.0 Å². The molecular weight excluding hydrogens is 378 g/mol. The van der Waals surface area contributed by atoms with Crippen molar-refractivity contribution < 1.29 is 17.6 Å². The minimum absolute atomic E-state index is 0.0814. The maximum absolute atomic E-state index is 13.6. The van der Waals surface area contributed by atoms with Gasteiger partial charge in [0, 0.05) is 4.88 Å². The largest absolute Gasteiger partial charge is 0.417 e. The average molecular weight is 391 g/mol. The van der Waals surface area contributed by atoms with Crippen LogP contribution < -0.4 is 0 Å². The third-order valence-electron chi connectivity index (χ3n) is 4.18. The molecule has 0 saturated heterocycles. The molecular formula is C19H13F4N3S. The quantitative estimate of drug-likeness (QED) is 0.409. The van der Waals surface area contributed by atoms with Gasteiger partial charge in [-0.1, -0.05) is 6.92 Å². The zero-order valence-corrected chi connectivity index (χ0v) is 14.9. The smallest absolute Gasteiger partial charge is 0.227 e. The molecule has 4 rings (SSSR count). The Hall–Kier alpha value is -2.74. The van der Waals surface area contributed by atoms with Crippen LogP contribution in [-0.2, 0) is 12.6 Å². The van der Waals surface area contributed by atoms with Crippen molar-refractivity contribution in [2.45, 2.75) is 19.5 Å². The molecule has 0 aliphatic rings. The third kappa shape index (κ3) is 3.21. The Bertz CT molecular complexity index is 1110. The molecule has 4 aromatic rings. The van der Waals surface area contributed by atoms with E-state index in [-0.39, 0.29) is 16.7 Å². The van der Waals surface area contributed by atoms with E-state index in [4.69, 9.17) is 0 Å². The van der Waals surface area contributed by atoms with Crippen LogP contribution in [0.15, 0.2) is 48.7 Å². The molecule has 0 aliphatic carbocycles. The van der Waals surface area contributed by atoms with E-state index < -0.39 is 17.6 Å². The van der Waals surface area contributed by atoms with Gasteiger partial charge in [-0.3, -0.25) is 0 Å². The molecule has 0 amide bonds. The Labute approximate surface area is 155 Å². The van der Waals surface area contributed by atoms with Gasteiger partial charge < -0.3 is 0 Å². The molecule has 0 spiro atoms. The molecule has 27 heavy (non-hydrogen) atoms. The van der Waals surface area contributed by atoms with Gasteiger partial charge in [0.2, 0.25) is 0 Å². The number of benzene rings is 1. The number of nitrogens with zero attached hydrogens (tertiary/aromatic N) is 3. The standard InChI is InChI=1S/C19H13F4N3S/c1-2-13-7-8-17(27-13)16-9-15(19(21,22)23)14-10-24-26(18(14)25-16)12-5-3-11(20)4-6-12/h3-10H,2H2,1H3. The van der Waals surface area contributed by atoms with Crippen molar-refractivity contribution in [3.8, 4) is 16.3 Å². The second-order valence-corrected chi connectivity index (χ2v) is 7.11. The zero-order chi connectivity index (χ0) is 19.2. The molecule has 1 aromatic carbocycles. The van der Waals surface area contributed by atoms with E-state index in [9.17, 15) is 17.6 Å². The number of hydrogen-bond acceptors (Lipinski definition) is 3. The molecule has 3 heterocycles. The van der Waals surface area contributed by atoms with Crippen LogP contribution in [0.3, 0.4) is 0 Å². The Morgan fingerprint density at radius 1 is 1.07 bits per heavy atom. The first-order valence-electron chi connectivity index (χ1n) is 8.18. The molecule has 138 valence electrons. The molecule has 0 saturated carbocycles. The summed E-state index contributed by atoms with van der Waals surface area (Å²) in [7, 11) is 0. The predicted octanol–water partition coefficient (Wildman–Crippen LogP) is 5.87. The maximum Gasteiger partial charge on any atom is 0.417 e. The van der Waals surface area contributed by atoms with E-state index in [1.54, 1.807) is 6.07 Å². The van der Waals surface area contributed by atoms with E-state index in [2.05, 4.69) is 10.1 Å². The summed E-state index contributed by atoms with van der Waals surface area (Å²) in [4.78, 5) is 6.16. The summed E-state index contributed by atoms with van der Waals surface area (Å²) < 4.78 is 55.4. The lowest BCUT2D eigenvalue weighted by Gasteiger charge is -2.10. The van der Waals surface area contributed by atoms with Crippen molar-refractivity contribution >= 4 is 22.4 Å². The fourth-order valence-electron chi connectivity index (χ4n) is 2.84. The summed E-state index contributed by atoms with van der Waals surface area (Å²) in [6.07, 6.45) is -2.60. The van der Waals surface area contributed by atoms with Crippen molar-refractivity contribution in [2.75, 3.05) is 0 Å². The number of hydrogen-bond donors (Lipinski definition) is 0. The number of thiophene rings is 1. The van der Waals surface area contributed by atoms with Gasteiger partial charge in [-0.15, -0.1) is 11.3 Å². The monoisotopic (exact) mass is 391 g/mol. The lowest BCUT2D eigenvalue weighted by molar-refractivity contribution is -0.136. The van der Waals surface area contributed by atoms with Crippen LogP contribution >= 0.6 is 11.3 Å². The summed E-state index contributed by atoms with van der Waals surface area (Å²) in [5, 5.41) is 3.97. The Kier molecular flexibility index (Phi) is 4.22. The highest BCUT2D eigenvalue weighted by atomic mass is 32.1. The van der Waals surface area contributed by atoms with Crippen LogP contribution in [0, 0.1) is 5.82 Å². The molecule has 0 N–H and O–H groups in total. The summed E-state index contributed by atoms with van der Waals surface area (Å²) in [6, 6.07) is 10.1. The van der Waals surface area contributed by atoms with E-state index >= 15 is 0 Å². The topological polar surface area (TPSA) is 30.7 Å². The van der Waals surface area contributed by atoms with E-state index in [1.165, 1.54) is 40.3 Å². The molecule has 0 fully saturated rings. The highest BCUT2D eigenvalue weighted by molar-refractivity contribution is 7.15. The number of rotatable bonds is 3. The highest BCUT2D eigenvalue weighted by Gasteiger charge is 2.35. The van der Waals surface area contributed by atoms with Crippen LogP contribution in [0.4, 0.5) is 17.6 Å². The number of aryl methyl sites for hydroxylation is 1. The first-order valence-corrected chi connectivity index (χ1v) is 8.99. The summed E-state index contributed by atoms with van der Waals surface area (Å²) in [5.41, 5.74) is -0.0341. The minimum atomic E-state index is -4.54. The lowest BCUT2D eigenvalue weighted by Crippen LogP contribution is -2.07. The van der Waals surface area contributed by atoms with Gasteiger partial charge in [0.25, 0.3) is 0 Å². The van der Waals surface area contributed by atoms with Gasteiger partial charge >= 0.3 is 6.18 Å². The van der Waals surface area contributed by atoms with E-state index in [0.29, 0.717) is 10.6 Å². The highest BCUT2D eigenvalue weighted by Crippen LogP contribution is 2.38. The first kappa shape index (κ1) is 17.7. The van der Waals surface area contributed by atoms with Crippen LogP contribution in [0.2, 0.25) is 0 Å². The molecule has 0 unspecified atom stereocenters. The van der Waals surface area contributed by atoms with Crippen molar-refractivity contribution in [2.24, 2.45) is 0 Å². The SMILES string of the molecule is CCc1ccc(-c2cc(C(F)(F)F)c3cnn(-c4ccc(F)cc4)c3n2)s1. The molecule has 0 bridgehead atoms. The Morgan fingerprint density at radius 2 is 1.81 bits per heavy atom. The van der Waals surface area contributed by atoms with E-state index in [0.717, 1.165) is 23.6 Å². The Morgan fingerprint density at radius 3 is 2.44 bits per heavy atom. The maximum atomic E-state index is 13.6. The number of alkyl halides is 3. The van der Waals surface area contributed by atoms with Crippen LogP contribution in [0.1, 0.15) is 17.4 Å². The van der Waals surface area contributed by atoms with Crippen LogP contribution in [-0.4, -0.2) is 14.8 Å². The number of halogens is 4. The van der Waals surface area contributed by atoms with Gasteiger partial charge in [-0.25, -0.2) is 14.1 Å². The number of aromatic nitrogens is 3. The minimum Gasteiger partial charge on any atom is -0.227 e. The fourth-order valence-corrected chi connectivity index (χ4v) is 3.75. The zero-order valence-electron chi connectivity index (χ0n) is 14.1. The number of pyridine rings is 1. The van der Waals surface area contributed by atoms with Gasteiger partial charge in [0.05, 0.1) is 33.4 Å². The van der Waals surface area contributed by atoms with Gasteiger partial charge in [0.1, 0.15) is 5.82 Å². The van der Waals surface area contributed by atoms with Crippen LogP contribution in [0.25, 0.3) is 27.3 Å². The second kappa shape index (κ2) is 6.45. The molecule has 8 heteroatoms. The van der Waals surface area contributed by atoms with Gasteiger partial charge in [0.15, 0.2) is 5.65 Å².